The Morgan fingerprint density at radius 3 is 2.68 bits per heavy atom. The molecule has 0 aliphatic carbocycles. The van der Waals surface area contributed by atoms with Gasteiger partial charge >= 0.3 is 0 Å². The van der Waals surface area contributed by atoms with Gasteiger partial charge in [-0.15, -0.1) is 0 Å². The maximum Gasteiger partial charge on any atom is 0.126 e. The second-order valence-electron chi connectivity index (χ2n) is 4.02. The predicted molar refractivity (Wildman–Crippen MR) is 73.9 cm³/mol. The van der Waals surface area contributed by atoms with Crippen molar-refractivity contribution < 1.29 is 13.3 Å². The molecule has 0 fully saturated rings. The van der Waals surface area contributed by atoms with Crippen LogP contribution >= 0.6 is 0 Å². The molecule has 2 N–H and O–H groups in total. The number of halogens is 1. The van der Waals surface area contributed by atoms with Crippen molar-refractivity contribution in [3.63, 3.8) is 0 Å². The van der Waals surface area contributed by atoms with E-state index in [0.29, 0.717) is 10.6 Å². The van der Waals surface area contributed by atoms with Crippen LogP contribution in [-0.2, 0) is 16.6 Å². The van der Waals surface area contributed by atoms with E-state index in [1.165, 1.54) is 18.2 Å². The van der Waals surface area contributed by atoms with Crippen LogP contribution < -0.4 is 10.5 Å². The normalized spacial score (nSPS) is 12.1. The van der Waals surface area contributed by atoms with Crippen LogP contribution in [0.5, 0.6) is 5.75 Å². The summed E-state index contributed by atoms with van der Waals surface area (Å²) in [6, 6.07) is 11.3. The molecule has 3 nitrogen and oxygen atoms in total. The van der Waals surface area contributed by atoms with Gasteiger partial charge in [0.05, 0.1) is 23.7 Å². The van der Waals surface area contributed by atoms with Crippen molar-refractivity contribution in [2.24, 2.45) is 0 Å². The number of nitrogen functional groups attached to an aromatic ring is 1. The average Bonchev–Trinajstić information content (AvgIpc) is 2.38. The molecular formula is C14H14FNO2S. The van der Waals surface area contributed by atoms with Gasteiger partial charge in [-0.05, 0) is 24.3 Å². The van der Waals surface area contributed by atoms with Gasteiger partial charge in [0.1, 0.15) is 11.6 Å². The van der Waals surface area contributed by atoms with Crippen LogP contribution in [-0.4, -0.2) is 11.3 Å². The van der Waals surface area contributed by atoms with Gasteiger partial charge in [-0.1, -0.05) is 18.2 Å². The molecule has 0 amide bonds. The molecule has 0 aliphatic heterocycles. The van der Waals surface area contributed by atoms with Gasteiger partial charge in [0.2, 0.25) is 0 Å². The number of methoxy groups -OCH3 is 1. The van der Waals surface area contributed by atoms with Crippen molar-refractivity contribution in [2.45, 2.75) is 10.6 Å². The molecule has 19 heavy (non-hydrogen) atoms. The zero-order valence-electron chi connectivity index (χ0n) is 10.4. The number of rotatable bonds is 4. The van der Waals surface area contributed by atoms with E-state index in [0.717, 1.165) is 5.56 Å². The average molecular weight is 279 g/mol. The fourth-order valence-electron chi connectivity index (χ4n) is 1.76. The lowest BCUT2D eigenvalue weighted by molar-refractivity contribution is 0.411. The number of ether oxygens (including phenoxy) is 1. The number of benzene rings is 2. The highest BCUT2D eigenvalue weighted by atomic mass is 32.2. The van der Waals surface area contributed by atoms with E-state index in [2.05, 4.69) is 0 Å². The quantitative estimate of drug-likeness (QED) is 0.875. The van der Waals surface area contributed by atoms with Crippen molar-refractivity contribution in [1.82, 2.24) is 0 Å². The first kappa shape index (κ1) is 13.5. The zero-order valence-corrected chi connectivity index (χ0v) is 11.2. The van der Waals surface area contributed by atoms with Gasteiger partial charge in [0, 0.05) is 16.1 Å². The summed E-state index contributed by atoms with van der Waals surface area (Å²) in [4.78, 5) is 0.378. The number of nitrogens with two attached hydrogens (primary N) is 1. The van der Waals surface area contributed by atoms with Crippen LogP contribution in [0.3, 0.4) is 0 Å². The third kappa shape index (κ3) is 3.32. The fourth-order valence-corrected chi connectivity index (χ4v) is 2.96. The summed E-state index contributed by atoms with van der Waals surface area (Å²) in [5.41, 5.74) is 6.63. The molecule has 0 bridgehead atoms. The Morgan fingerprint density at radius 1 is 1.26 bits per heavy atom. The van der Waals surface area contributed by atoms with Crippen molar-refractivity contribution in [3.05, 3.63) is 53.8 Å². The molecule has 2 rings (SSSR count). The first-order valence-corrected chi connectivity index (χ1v) is 6.98. The molecule has 0 radical (unpaired) electrons. The van der Waals surface area contributed by atoms with Crippen LogP contribution in [0.25, 0.3) is 0 Å². The van der Waals surface area contributed by atoms with Crippen molar-refractivity contribution in [1.29, 1.82) is 0 Å². The van der Waals surface area contributed by atoms with E-state index in [-0.39, 0.29) is 11.4 Å². The largest absolute Gasteiger partial charge is 0.496 e. The predicted octanol–water partition coefficient (Wildman–Crippen LogP) is 2.72. The molecule has 2 aromatic carbocycles. The maximum absolute atomic E-state index is 13.2. The maximum atomic E-state index is 13.2. The van der Waals surface area contributed by atoms with E-state index in [9.17, 15) is 8.60 Å². The minimum atomic E-state index is -1.37. The first-order chi connectivity index (χ1) is 9.10. The molecule has 0 aromatic heterocycles. The molecule has 1 unspecified atom stereocenters. The molecule has 0 heterocycles. The Hall–Kier alpha value is -1.88. The summed E-state index contributed by atoms with van der Waals surface area (Å²) in [6.07, 6.45) is 0. The Labute approximate surface area is 113 Å². The van der Waals surface area contributed by atoms with Crippen LogP contribution in [0, 0.1) is 5.82 Å². The molecule has 0 spiro atoms. The van der Waals surface area contributed by atoms with Crippen LogP contribution in [0.1, 0.15) is 5.56 Å². The smallest absolute Gasteiger partial charge is 0.126 e. The van der Waals surface area contributed by atoms with Crippen molar-refractivity contribution in [3.8, 4) is 5.75 Å². The van der Waals surface area contributed by atoms with Crippen molar-refractivity contribution in [2.75, 3.05) is 12.8 Å². The summed E-state index contributed by atoms with van der Waals surface area (Å²) in [5.74, 6) is 0.441. The van der Waals surface area contributed by atoms with Gasteiger partial charge in [-0.2, -0.15) is 0 Å². The molecule has 1 atom stereocenters. The summed E-state index contributed by atoms with van der Waals surface area (Å²) >= 11 is 0. The third-order valence-corrected chi connectivity index (χ3v) is 3.97. The van der Waals surface area contributed by atoms with Crippen molar-refractivity contribution >= 4 is 16.5 Å². The molecular weight excluding hydrogens is 265 g/mol. The Morgan fingerprint density at radius 2 is 2.00 bits per heavy atom. The van der Waals surface area contributed by atoms with E-state index >= 15 is 0 Å². The Kier molecular flexibility index (Phi) is 4.16. The molecule has 100 valence electrons. The number of anilines is 1. The van der Waals surface area contributed by atoms with E-state index in [4.69, 9.17) is 10.5 Å². The second-order valence-corrected chi connectivity index (χ2v) is 5.47. The van der Waals surface area contributed by atoms with Gasteiger partial charge in [0.15, 0.2) is 0 Å². The molecule has 0 aliphatic rings. The highest BCUT2D eigenvalue weighted by Gasteiger charge is 2.10. The van der Waals surface area contributed by atoms with E-state index in [1.807, 2.05) is 18.2 Å². The van der Waals surface area contributed by atoms with Gasteiger partial charge in [-0.25, -0.2) is 4.39 Å². The van der Waals surface area contributed by atoms with Crippen LogP contribution in [0.2, 0.25) is 0 Å². The Bertz CT molecular complexity index is 596. The molecule has 2 aromatic rings. The number of hydrogen-bond acceptors (Lipinski definition) is 3. The molecule has 0 saturated carbocycles. The van der Waals surface area contributed by atoms with E-state index < -0.39 is 16.6 Å². The number of para-hydroxylation sites is 1. The van der Waals surface area contributed by atoms with Gasteiger partial charge < -0.3 is 10.5 Å². The highest BCUT2D eigenvalue weighted by molar-refractivity contribution is 7.84. The standard InChI is InChI=1S/C14H14FNO2S/c1-18-14-5-3-2-4-10(14)9-19(17)13-7-11(15)6-12(16)8-13/h2-8H,9,16H2,1H3. The monoisotopic (exact) mass is 279 g/mol. The lowest BCUT2D eigenvalue weighted by Gasteiger charge is -2.08. The molecule has 0 saturated heterocycles. The lowest BCUT2D eigenvalue weighted by atomic mass is 10.2. The van der Waals surface area contributed by atoms with Gasteiger partial charge in [0.25, 0.3) is 0 Å². The minimum Gasteiger partial charge on any atom is -0.496 e. The van der Waals surface area contributed by atoms with Gasteiger partial charge in [-0.3, -0.25) is 4.21 Å². The Balaban J connectivity index is 2.25. The van der Waals surface area contributed by atoms with E-state index in [1.54, 1.807) is 13.2 Å². The minimum absolute atomic E-state index is 0.257. The topological polar surface area (TPSA) is 52.3 Å². The number of hydrogen-bond donors (Lipinski definition) is 1. The summed E-state index contributed by atoms with van der Waals surface area (Å²) < 4.78 is 30.6. The summed E-state index contributed by atoms with van der Waals surface area (Å²) in [6.45, 7) is 0. The lowest BCUT2D eigenvalue weighted by Crippen LogP contribution is -2.00. The summed E-state index contributed by atoms with van der Waals surface area (Å²) in [5, 5.41) is 0. The summed E-state index contributed by atoms with van der Waals surface area (Å²) in [7, 11) is 0.191. The second kappa shape index (κ2) is 5.84. The third-order valence-electron chi connectivity index (χ3n) is 2.64. The fraction of sp³-hybridized carbons (Fsp3) is 0.143. The zero-order chi connectivity index (χ0) is 13.8. The molecule has 5 heteroatoms. The highest BCUT2D eigenvalue weighted by Crippen LogP contribution is 2.22. The first-order valence-electron chi connectivity index (χ1n) is 5.66. The van der Waals surface area contributed by atoms with Crippen LogP contribution in [0.4, 0.5) is 10.1 Å². The van der Waals surface area contributed by atoms with Crippen LogP contribution in [0.15, 0.2) is 47.4 Å². The SMILES string of the molecule is COc1ccccc1CS(=O)c1cc(N)cc(F)c1.